The lowest BCUT2D eigenvalue weighted by Crippen LogP contribution is -2.45. The molecule has 0 aromatic heterocycles. The fourth-order valence-corrected chi connectivity index (χ4v) is 3.21. The minimum Gasteiger partial charge on any atom is -0.381 e. The molecule has 2 saturated heterocycles. The van der Waals surface area contributed by atoms with Crippen molar-refractivity contribution >= 4 is 11.8 Å². The van der Waals surface area contributed by atoms with E-state index < -0.39 is 0 Å². The van der Waals surface area contributed by atoms with Crippen LogP contribution >= 0.6 is 11.8 Å². The molecule has 0 aromatic rings. The zero-order valence-electron chi connectivity index (χ0n) is 8.71. The standard InChI is InChI=1S/C10H20N2OS/c11-7-10(1-4-13-9-10)8-12-2-5-14-6-3-12/h1-9,11H2. The summed E-state index contributed by atoms with van der Waals surface area (Å²) in [7, 11) is 0. The molecule has 0 radical (unpaired) electrons. The quantitative estimate of drug-likeness (QED) is 0.741. The molecular weight excluding hydrogens is 196 g/mol. The average Bonchev–Trinajstić information content (AvgIpc) is 2.69. The number of nitrogens with zero attached hydrogens (tertiary/aromatic N) is 1. The number of thioether (sulfide) groups is 1. The fraction of sp³-hybridized carbons (Fsp3) is 1.00. The molecule has 3 nitrogen and oxygen atoms in total. The van der Waals surface area contributed by atoms with Gasteiger partial charge in [-0.05, 0) is 6.42 Å². The van der Waals surface area contributed by atoms with Gasteiger partial charge in [0, 0.05) is 49.7 Å². The van der Waals surface area contributed by atoms with Crippen LogP contribution in [0.4, 0.5) is 0 Å². The molecule has 2 rings (SSSR count). The topological polar surface area (TPSA) is 38.5 Å². The minimum atomic E-state index is 0.266. The van der Waals surface area contributed by atoms with E-state index in [9.17, 15) is 0 Å². The van der Waals surface area contributed by atoms with Gasteiger partial charge in [-0.15, -0.1) is 0 Å². The molecule has 0 aliphatic carbocycles. The van der Waals surface area contributed by atoms with Crippen molar-refractivity contribution in [3.8, 4) is 0 Å². The van der Waals surface area contributed by atoms with Crippen LogP contribution in [-0.4, -0.2) is 55.8 Å². The molecule has 4 heteroatoms. The van der Waals surface area contributed by atoms with Crippen LogP contribution in [-0.2, 0) is 4.74 Å². The number of nitrogens with two attached hydrogens (primary N) is 1. The van der Waals surface area contributed by atoms with Crippen molar-refractivity contribution in [3.05, 3.63) is 0 Å². The van der Waals surface area contributed by atoms with E-state index in [4.69, 9.17) is 10.5 Å². The van der Waals surface area contributed by atoms with E-state index in [0.717, 1.165) is 32.7 Å². The Bertz CT molecular complexity index is 177. The summed E-state index contributed by atoms with van der Waals surface area (Å²) in [5, 5.41) is 0. The maximum atomic E-state index is 5.87. The van der Waals surface area contributed by atoms with Gasteiger partial charge in [-0.25, -0.2) is 0 Å². The zero-order valence-corrected chi connectivity index (χ0v) is 9.52. The molecule has 0 aromatic carbocycles. The van der Waals surface area contributed by atoms with Crippen LogP contribution in [0.5, 0.6) is 0 Å². The Morgan fingerprint density at radius 1 is 1.36 bits per heavy atom. The maximum absolute atomic E-state index is 5.87. The van der Waals surface area contributed by atoms with E-state index in [1.807, 2.05) is 0 Å². The van der Waals surface area contributed by atoms with Crippen LogP contribution < -0.4 is 5.73 Å². The van der Waals surface area contributed by atoms with Crippen LogP contribution in [0, 0.1) is 5.41 Å². The number of ether oxygens (including phenoxy) is 1. The molecule has 0 saturated carbocycles. The molecule has 2 N–H and O–H groups in total. The fourth-order valence-electron chi connectivity index (χ4n) is 2.23. The van der Waals surface area contributed by atoms with E-state index in [1.54, 1.807) is 0 Å². The third-order valence-electron chi connectivity index (χ3n) is 3.28. The number of rotatable bonds is 3. The molecule has 2 fully saturated rings. The number of hydrogen-bond donors (Lipinski definition) is 1. The first-order valence-corrected chi connectivity index (χ1v) is 6.58. The molecule has 0 bridgehead atoms. The molecule has 1 unspecified atom stereocenters. The summed E-state index contributed by atoms with van der Waals surface area (Å²) in [5.74, 6) is 2.56. The molecule has 82 valence electrons. The van der Waals surface area contributed by atoms with E-state index >= 15 is 0 Å². The lowest BCUT2D eigenvalue weighted by Gasteiger charge is -2.35. The lowest BCUT2D eigenvalue weighted by atomic mass is 9.87. The SMILES string of the molecule is NCC1(CN2CCSCC2)CCOC1. The van der Waals surface area contributed by atoms with Gasteiger partial charge in [0.2, 0.25) is 0 Å². The third-order valence-corrected chi connectivity index (χ3v) is 4.22. The second-order valence-corrected chi connectivity index (χ2v) is 5.62. The first kappa shape index (κ1) is 10.7. The normalized spacial score (nSPS) is 34.9. The Morgan fingerprint density at radius 3 is 2.71 bits per heavy atom. The van der Waals surface area contributed by atoms with Gasteiger partial charge >= 0.3 is 0 Å². The van der Waals surface area contributed by atoms with Gasteiger partial charge in [-0.1, -0.05) is 0 Å². The highest BCUT2D eigenvalue weighted by molar-refractivity contribution is 7.99. The highest BCUT2D eigenvalue weighted by Crippen LogP contribution is 2.29. The average molecular weight is 216 g/mol. The Balaban J connectivity index is 1.86. The third kappa shape index (κ3) is 2.42. The smallest absolute Gasteiger partial charge is 0.0547 e. The van der Waals surface area contributed by atoms with Gasteiger partial charge in [-0.3, -0.25) is 0 Å². The van der Waals surface area contributed by atoms with Gasteiger partial charge in [0.1, 0.15) is 0 Å². The van der Waals surface area contributed by atoms with Crippen LogP contribution in [0.15, 0.2) is 0 Å². The highest BCUT2D eigenvalue weighted by Gasteiger charge is 2.35. The molecule has 14 heavy (non-hydrogen) atoms. The first-order chi connectivity index (χ1) is 6.85. The summed E-state index contributed by atoms with van der Waals surface area (Å²) in [4.78, 5) is 2.55. The van der Waals surface area contributed by atoms with Crippen molar-refractivity contribution < 1.29 is 4.74 Å². The summed E-state index contributed by atoms with van der Waals surface area (Å²) in [6.45, 7) is 6.15. The summed E-state index contributed by atoms with van der Waals surface area (Å²) in [5.41, 5.74) is 6.14. The molecule has 2 aliphatic rings. The van der Waals surface area contributed by atoms with Crippen LogP contribution in [0.3, 0.4) is 0 Å². The van der Waals surface area contributed by atoms with Crippen molar-refractivity contribution in [2.24, 2.45) is 11.1 Å². The Hall–Kier alpha value is 0.230. The highest BCUT2D eigenvalue weighted by atomic mass is 32.2. The monoisotopic (exact) mass is 216 g/mol. The molecule has 0 amide bonds. The summed E-state index contributed by atoms with van der Waals surface area (Å²) < 4.78 is 5.48. The second-order valence-electron chi connectivity index (χ2n) is 4.40. The maximum Gasteiger partial charge on any atom is 0.0547 e. The van der Waals surface area contributed by atoms with Crippen LogP contribution in [0.25, 0.3) is 0 Å². The summed E-state index contributed by atoms with van der Waals surface area (Å²) >= 11 is 2.06. The van der Waals surface area contributed by atoms with Crippen LogP contribution in [0.1, 0.15) is 6.42 Å². The second kappa shape index (κ2) is 4.84. The van der Waals surface area contributed by atoms with Crippen molar-refractivity contribution in [2.75, 3.05) is 50.9 Å². The zero-order chi connectivity index (χ0) is 9.86. The van der Waals surface area contributed by atoms with Gasteiger partial charge in [0.25, 0.3) is 0 Å². The van der Waals surface area contributed by atoms with Gasteiger partial charge in [-0.2, -0.15) is 11.8 Å². The molecule has 0 spiro atoms. The molecule has 2 heterocycles. The predicted molar refractivity (Wildman–Crippen MR) is 60.7 cm³/mol. The summed E-state index contributed by atoms with van der Waals surface area (Å²) in [6.07, 6.45) is 1.15. The lowest BCUT2D eigenvalue weighted by molar-refractivity contribution is 0.119. The molecule has 2 aliphatic heterocycles. The largest absolute Gasteiger partial charge is 0.381 e. The Labute approximate surface area is 90.3 Å². The van der Waals surface area contributed by atoms with Gasteiger partial charge in [0.15, 0.2) is 0 Å². The van der Waals surface area contributed by atoms with Crippen molar-refractivity contribution in [2.45, 2.75) is 6.42 Å². The van der Waals surface area contributed by atoms with Crippen molar-refractivity contribution in [1.29, 1.82) is 0 Å². The molecule has 1 atom stereocenters. The Morgan fingerprint density at radius 2 is 2.14 bits per heavy atom. The number of hydrogen-bond acceptors (Lipinski definition) is 4. The van der Waals surface area contributed by atoms with Crippen LogP contribution in [0.2, 0.25) is 0 Å². The molecular formula is C10H20N2OS. The Kier molecular flexibility index (Phi) is 3.71. The first-order valence-electron chi connectivity index (χ1n) is 5.43. The van der Waals surface area contributed by atoms with Gasteiger partial charge in [0.05, 0.1) is 6.61 Å². The van der Waals surface area contributed by atoms with E-state index in [1.165, 1.54) is 24.6 Å². The predicted octanol–water partition coefficient (Wildman–Crippen LogP) is 0.401. The summed E-state index contributed by atoms with van der Waals surface area (Å²) in [6, 6.07) is 0. The minimum absolute atomic E-state index is 0.266. The van der Waals surface area contributed by atoms with Crippen molar-refractivity contribution in [3.63, 3.8) is 0 Å². The van der Waals surface area contributed by atoms with E-state index in [0.29, 0.717) is 0 Å². The van der Waals surface area contributed by atoms with Crippen molar-refractivity contribution in [1.82, 2.24) is 4.90 Å². The van der Waals surface area contributed by atoms with Gasteiger partial charge < -0.3 is 15.4 Å². The van der Waals surface area contributed by atoms with E-state index in [-0.39, 0.29) is 5.41 Å². The van der Waals surface area contributed by atoms with E-state index in [2.05, 4.69) is 16.7 Å².